The number of hydrogen-bond donors (Lipinski definition) is 0. The summed E-state index contributed by atoms with van der Waals surface area (Å²) in [5, 5.41) is 0. The summed E-state index contributed by atoms with van der Waals surface area (Å²) >= 11 is 3.38. The zero-order valence-electron chi connectivity index (χ0n) is 9.76. The first-order valence-electron chi connectivity index (χ1n) is 4.42. The highest BCUT2D eigenvalue weighted by molar-refractivity contribution is 9.11. The first-order valence-corrected chi connectivity index (χ1v) is 5.22. The Kier molecular flexibility index (Phi) is 6.96. The van der Waals surface area contributed by atoms with Gasteiger partial charge in [0, 0.05) is 0 Å². The Balaban J connectivity index is 4.94. The van der Waals surface area contributed by atoms with Crippen LogP contribution in [0.1, 0.15) is 13.8 Å². The van der Waals surface area contributed by atoms with Crippen LogP contribution in [0.15, 0.2) is 33.9 Å². The van der Waals surface area contributed by atoms with Crippen molar-refractivity contribution in [3.63, 3.8) is 0 Å². The monoisotopic (exact) mass is 276 g/mol. The van der Waals surface area contributed by atoms with E-state index in [4.69, 9.17) is 14.2 Å². The molecule has 0 fully saturated rings. The molecular weight excluding hydrogens is 260 g/mol. The average Bonchev–Trinajstić information content (AvgIpc) is 2.24. The lowest BCUT2D eigenvalue weighted by atomic mass is 10.2. The molecule has 0 heterocycles. The van der Waals surface area contributed by atoms with Crippen LogP contribution in [0.25, 0.3) is 0 Å². The number of halogens is 1. The molecule has 0 amide bonds. The lowest BCUT2D eigenvalue weighted by Crippen LogP contribution is -1.92. The van der Waals surface area contributed by atoms with E-state index in [1.165, 1.54) is 0 Å². The van der Waals surface area contributed by atoms with Crippen molar-refractivity contribution < 1.29 is 14.2 Å². The largest absolute Gasteiger partial charge is 0.503 e. The third-order valence-electron chi connectivity index (χ3n) is 1.82. The molecule has 0 saturated heterocycles. The molecule has 0 atom stereocenters. The van der Waals surface area contributed by atoms with E-state index in [0.717, 1.165) is 15.8 Å². The number of allylic oxidation sites excluding steroid dienone is 4. The van der Waals surface area contributed by atoms with Gasteiger partial charge in [-0.3, -0.25) is 0 Å². The van der Waals surface area contributed by atoms with E-state index in [-0.39, 0.29) is 0 Å². The van der Waals surface area contributed by atoms with Crippen molar-refractivity contribution in [2.45, 2.75) is 13.8 Å². The number of ether oxygens (including phenoxy) is 3. The first kappa shape index (κ1) is 14.1. The third-order valence-corrected chi connectivity index (χ3v) is 2.63. The molecule has 0 aliphatic heterocycles. The lowest BCUT2D eigenvalue weighted by Gasteiger charge is -2.07. The van der Waals surface area contributed by atoms with Crippen molar-refractivity contribution in [2.75, 3.05) is 21.3 Å². The van der Waals surface area contributed by atoms with E-state index in [1.807, 2.05) is 19.9 Å². The molecule has 0 aromatic rings. The molecule has 0 rings (SSSR count). The van der Waals surface area contributed by atoms with E-state index < -0.39 is 0 Å². The molecule has 0 spiro atoms. The van der Waals surface area contributed by atoms with Crippen molar-refractivity contribution in [2.24, 2.45) is 0 Å². The van der Waals surface area contributed by atoms with E-state index in [9.17, 15) is 0 Å². The summed E-state index contributed by atoms with van der Waals surface area (Å²) in [4.78, 5) is 0. The molecule has 0 aliphatic rings. The highest BCUT2D eigenvalue weighted by Gasteiger charge is 2.02. The van der Waals surface area contributed by atoms with Gasteiger partial charge >= 0.3 is 0 Å². The minimum Gasteiger partial charge on any atom is -0.503 e. The van der Waals surface area contributed by atoms with Gasteiger partial charge in [-0.25, -0.2) is 0 Å². The maximum absolute atomic E-state index is 5.19. The SMILES string of the molecule is CO/C=C(Br)/C(C)=C\C(OC)=C(/C)OC. The molecule has 0 aromatic heterocycles. The molecule has 0 N–H and O–H groups in total. The maximum Gasteiger partial charge on any atom is 0.156 e. The zero-order valence-corrected chi connectivity index (χ0v) is 11.3. The molecular formula is C11H17BrO3. The zero-order chi connectivity index (χ0) is 11.8. The van der Waals surface area contributed by atoms with Gasteiger partial charge in [0.15, 0.2) is 5.76 Å². The van der Waals surface area contributed by atoms with Crippen molar-refractivity contribution in [1.29, 1.82) is 0 Å². The summed E-state index contributed by atoms with van der Waals surface area (Å²) in [7, 11) is 4.81. The molecule has 0 bridgehead atoms. The summed E-state index contributed by atoms with van der Waals surface area (Å²) in [6, 6.07) is 0. The Labute approximate surface area is 99.5 Å². The smallest absolute Gasteiger partial charge is 0.156 e. The fourth-order valence-corrected chi connectivity index (χ4v) is 1.17. The highest BCUT2D eigenvalue weighted by atomic mass is 79.9. The quantitative estimate of drug-likeness (QED) is 0.570. The summed E-state index contributed by atoms with van der Waals surface area (Å²) in [5.41, 5.74) is 0.991. The van der Waals surface area contributed by atoms with E-state index in [1.54, 1.807) is 27.6 Å². The van der Waals surface area contributed by atoms with Crippen LogP contribution in [0.5, 0.6) is 0 Å². The predicted octanol–water partition coefficient (Wildman–Crippen LogP) is 3.34. The van der Waals surface area contributed by atoms with Gasteiger partial charge in [-0.2, -0.15) is 0 Å². The topological polar surface area (TPSA) is 27.7 Å². The molecule has 86 valence electrons. The highest BCUT2D eigenvalue weighted by Crippen LogP contribution is 2.20. The fourth-order valence-electron chi connectivity index (χ4n) is 0.867. The van der Waals surface area contributed by atoms with E-state index >= 15 is 0 Å². The second-order valence-corrected chi connectivity index (χ2v) is 3.71. The van der Waals surface area contributed by atoms with Gasteiger partial charge in [0.2, 0.25) is 0 Å². The van der Waals surface area contributed by atoms with Gasteiger partial charge in [-0.1, -0.05) is 0 Å². The van der Waals surface area contributed by atoms with E-state index in [0.29, 0.717) is 5.76 Å². The van der Waals surface area contributed by atoms with Gasteiger partial charge in [0.05, 0.1) is 32.1 Å². The van der Waals surface area contributed by atoms with Crippen molar-refractivity contribution in [3.05, 3.63) is 33.9 Å². The van der Waals surface area contributed by atoms with Gasteiger partial charge in [-0.15, -0.1) is 0 Å². The summed E-state index contributed by atoms with van der Waals surface area (Å²) < 4.78 is 16.0. The van der Waals surface area contributed by atoms with Gasteiger partial charge in [0.1, 0.15) is 5.76 Å². The molecule has 15 heavy (non-hydrogen) atoms. The van der Waals surface area contributed by atoms with Crippen LogP contribution in [0.2, 0.25) is 0 Å². The Morgan fingerprint density at radius 3 is 2.07 bits per heavy atom. The number of rotatable bonds is 5. The molecule has 0 aromatic carbocycles. The first-order chi connectivity index (χ1) is 7.06. The van der Waals surface area contributed by atoms with Crippen LogP contribution in [0.4, 0.5) is 0 Å². The summed E-state index contributed by atoms with van der Waals surface area (Å²) in [6.07, 6.45) is 3.49. The average molecular weight is 277 g/mol. The molecule has 0 unspecified atom stereocenters. The van der Waals surface area contributed by atoms with Crippen molar-refractivity contribution >= 4 is 15.9 Å². The van der Waals surface area contributed by atoms with E-state index in [2.05, 4.69) is 15.9 Å². The standard InChI is InChI=1S/C11H17BrO3/c1-8(10(12)7-13-3)6-11(15-5)9(2)14-4/h6-7H,1-5H3/b8-6-,10-7-,11-9-. The minimum absolute atomic E-state index is 0.691. The van der Waals surface area contributed by atoms with Crippen LogP contribution in [-0.4, -0.2) is 21.3 Å². The Morgan fingerprint density at radius 1 is 1.07 bits per heavy atom. The molecule has 0 aliphatic carbocycles. The summed E-state index contributed by atoms with van der Waals surface area (Å²) in [5.74, 6) is 1.42. The Bertz CT molecular complexity index is 290. The van der Waals surface area contributed by atoms with Crippen LogP contribution in [-0.2, 0) is 14.2 Å². The van der Waals surface area contributed by atoms with Crippen LogP contribution >= 0.6 is 15.9 Å². The van der Waals surface area contributed by atoms with Gasteiger partial charge in [-0.05, 0) is 41.4 Å². The van der Waals surface area contributed by atoms with Crippen molar-refractivity contribution in [1.82, 2.24) is 0 Å². The molecule has 4 heteroatoms. The fraction of sp³-hybridized carbons (Fsp3) is 0.455. The molecule has 0 radical (unpaired) electrons. The van der Waals surface area contributed by atoms with Crippen molar-refractivity contribution in [3.8, 4) is 0 Å². The van der Waals surface area contributed by atoms with Gasteiger partial charge < -0.3 is 14.2 Å². The lowest BCUT2D eigenvalue weighted by molar-refractivity contribution is 0.232. The molecule has 3 nitrogen and oxygen atoms in total. The summed E-state index contributed by atoms with van der Waals surface area (Å²) in [6.45, 7) is 3.79. The number of hydrogen-bond acceptors (Lipinski definition) is 3. The second-order valence-electron chi connectivity index (χ2n) is 2.86. The van der Waals surface area contributed by atoms with Gasteiger partial charge in [0.25, 0.3) is 0 Å². The van der Waals surface area contributed by atoms with Crippen LogP contribution in [0.3, 0.4) is 0 Å². The molecule has 0 saturated carbocycles. The maximum atomic E-state index is 5.19. The third kappa shape index (κ3) is 4.93. The Morgan fingerprint density at radius 2 is 1.67 bits per heavy atom. The second kappa shape index (κ2) is 7.40. The minimum atomic E-state index is 0.691. The Hall–Kier alpha value is -0.900. The predicted molar refractivity (Wildman–Crippen MR) is 64.5 cm³/mol. The van der Waals surface area contributed by atoms with Crippen LogP contribution < -0.4 is 0 Å². The normalized spacial score (nSPS) is 14.5. The number of methoxy groups -OCH3 is 3. The van der Waals surface area contributed by atoms with Crippen LogP contribution in [0, 0.1) is 0 Å².